The maximum Gasteiger partial charge on any atom is 0.244 e. The topological polar surface area (TPSA) is 95.3 Å². The van der Waals surface area contributed by atoms with E-state index in [2.05, 4.69) is 14.9 Å². The van der Waals surface area contributed by atoms with E-state index in [4.69, 9.17) is 9.47 Å². The van der Waals surface area contributed by atoms with Crippen LogP contribution in [0.3, 0.4) is 0 Å². The second-order valence-corrected chi connectivity index (χ2v) is 6.11. The highest BCUT2D eigenvalue weighted by Gasteiger charge is 2.21. The molecule has 2 aromatic rings. The fraction of sp³-hybridized carbons (Fsp3) is 0.385. The van der Waals surface area contributed by atoms with Crippen LogP contribution in [-0.4, -0.2) is 37.4 Å². The van der Waals surface area contributed by atoms with Gasteiger partial charge in [0.25, 0.3) is 0 Å². The van der Waals surface area contributed by atoms with Crippen LogP contribution in [-0.2, 0) is 23.1 Å². The van der Waals surface area contributed by atoms with E-state index in [0.29, 0.717) is 18.1 Å². The fourth-order valence-electron chi connectivity index (χ4n) is 1.91. The smallest absolute Gasteiger partial charge is 0.244 e. The van der Waals surface area contributed by atoms with Crippen molar-refractivity contribution in [3.05, 3.63) is 30.4 Å². The molecule has 0 bridgehead atoms. The van der Waals surface area contributed by atoms with E-state index in [1.807, 2.05) is 6.92 Å². The molecule has 1 aromatic heterocycles. The Bertz CT molecular complexity index is 742. The Hall–Kier alpha value is -2.13. The van der Waals surface area contributed by atoms with E-state index < -0.39 is 10.0 Å². The number of benzene rings is 1. The Kier molecular flexibility index (Phi) is 4.99. The average molecular weight is 326 g/mol. The van der Waals surface area contributed by atoms with Crippen LogP contribution in [0.2, 0.25) is 0 Å². The van der Waals surface area contributed by atoms with E-state index in [0.717, 1.165) is 0 Å². The molecule has 0 unspecified atom stereocenters. The minimum absolute atomic E-state index is 0.0110. The maximum absolute atomic E-state index is 12.5. The number of nitrogens with one attached hydrogen (secondary N) is 1. The van der Waals surface area contributed by atoms with Crippen LogP contribution < -0.4 is 14.2 Å². The monoisotopic (exact) mass is 326 g/mol. The summed E-state index contributed by atoms with van der Waals surface area (Å²) in [5.41, 5.74) is 0. The first-order chi connectivity index (χ1) is 10.5. The van der Waals surface area contributed by atoms with E-state index in [-0.39, 0.29) is 17.2 Å². The summed E-state index contributed by atoms with van der Waals surface area (Å²) in [5, 5.41) is 7.65. The molecule has 0 atom stereocenters. The van der Waals surface area contributed by atoms with Gasteiger partial charge in [0.15, 0.2) is 0 Å². The van der Waals surface area contributed by atoms with Crippen LogP contribution in [0.15, 0.2) is 29.4 Å². The Balaban J connectivity index is 2.26. The highest BCUT2D eigenvalue weighted by molar-refractivity contribution is 7.89. The van der Waals surface area contributed by atoms with Gasteiger partial charge in [0, 0.05) is 12.6 Å². The summed E-state index contributed by atoms with van der Waals surface area (Å²) in [6.45, 7) is 2.62. The van der Waals surface area contributed by atoms with Gasteiger partial charge in [0.2, 0.25) is 10.0 Å². The first-order valence-electron chi connectivity index (χ1n) is 6.60. The second kappa shape index (κ2) is 6.75. The van der Waals surface area contributed by atoms with Gasteiger partial charge in [0.05, 0.1) is 20.8 Å². The average Bonchev–Trinajstić information content (AvgIpc) is 3.00. The number of hydrogen-bond donors (Lipinski definition) is 1. The molecule has 0 saturated heterocycles. The molecule has 0 radical (unpaired) electrons. The summed E-state index contributed by atoms with van der Waals surface area (Å²) in [6.07, 6.45) is 1.55. The van der Waals surface area contributed by atoms with Crippen LogP contribution in [0, 0.1) is 0 Å². The molecule has 0 aliphatic heterocycles. The summed E-state index contributed by atoms with van der Waals surface area (Å²) in [7, 11) is -0.894. The molecule has 2 rings (SSSR count). The van der Waals surface area contributed by atoms with E-state index in [9.17, 15) is 8.42 Å². The molecule has 0 fully saturated rings. The van der Waals surface area contributed by atoms with Gasteiger partial charge in [-0.3, -0.25) is 0 Å². The van der Waals surface area contributed by atoms with Crippen molar-refractivity contribution in [1.29, 1.82) is 0 Å². The van der Waals surface area contributed by atoms with E-state index >= 15 is 0 Å². The van der Waals surface area contributed by atoms with Gasteiger partial charge in [-0.25, -0.2) is 13.1 Å². The summed E-state index contributed by atoms with van der Waals surface area (Å²) < 4.78 is 39.4. The third-order valence-corrected chi connectivity index (χ3v) is 4.54. The SMILES string of the molecule is CCn1cnnc1CNS(=O)(=O)c1cc(OC)ccc1OC. The highest BCUT2D eigenvalue weighted by atomic mass is 32.2. The van der Waals surface area contributed by atoms with Gasteiger partial charge < -0.3 is 14.0 Å². The number of methoxy groups -OCH3 is 2. The lowest BCUT2D eigenvalue weighted by atomic mass is 10.3. The van der Waals surface area contributed by atoms with Crippen molar-refractivity contribution >= 4 is 10.0 Å². The van der Waals surface area contributed by atoms with Crippen molar-refractivity contribution in [1.82, 2.24) is 19.5 Å². The normalized spacial score (nSPS) is 11.4. The Morgan fingerprint density at radius 1 is 1.27 bits per heavy atom. The van der Waals surface area contributed by atoms with Crippen molar-refractivity contribution in [3.63, 3.8) is 0 Å². The predicted octanol–water partition coefficient (Wildman–Crippen LogP) is 0.794. The molecule has 1 heterocycles. The minimum atomic E-state index is -3.77. The molecule has 0 spiro atoms. The van der Waals surface area contributed by atoms with Crippen molar-refractivity contribution in [3.8, 4) is 11.5 Å². The molecule has 8 nitrogen and oxygen atoms in total. The Labute approximate surface area is 129 Å². The van der Waals surface area contributed by atoms with Crippen LogP contribution in [0.4, 0.5) is 0 Å². The largest absolute Gasteiger partial charge is 0.497 e. The molecule has 120 valence electrons. The number of aryl methyl sites for hydroxylation is 1. The molecule has 0 aliphatic rings. The Morgan fingerprint density at radius 3 is 2.68 bits per heavy atom. The highest BCUT2D eigenvalue weighted by Crippen LogP contribution is 2.28. The molecular formula is C13H18N4O4S. The molecule has 0 saturated carbocycles. The van der Waals surface area contributed by atoms with Crippen molar-refractivity contribution in [2.75, 3.05) is 14.2 Å². The minimum Gasteiger partial charge on any atom is -0.497 e. The molecule has 0 amide bonds. The number of rotatable bonds is 7. The van der Waals surface area contributed by atoms with Crippen molar-refractivity contribution < 1.29 is 17.9 Å². The summed E-state index contributed by atoms with van der Waals surface area (Å²) >= 11 is 0. The molecule has 1 N–H and O–H groups in total. The number of aromatic nitrogens is 3. The summed E-state index contributed by atoms with van der Waals surface area (Å²) in [5.74, 6) is 1.20. The lowest BCUT2D eigenvalue weighted by Gasteiger charge is -2.12. The predicted molar refractivity (Wildman–Crippen MR) is 79.3 cm³/mol. The number of hydrogen-bond acceptors (Lipinski definition) is 6. The molecule has 22 heavy (non-hydrogen) atoms. The summed E-state index contributed by atoms with van der Waals surface area (Å²) in [4.78, 5) is 0.0110. The van der Waals surface area contributed by atoms with Gasteiger partial charge in [-0.1, -0.05) is 0 Å². The van der Waals surface area contributed by atoms with Gasteiger partial charge in [-0.15, -0.1) is 10.2 Å². The molecule has 1 aromatic carbocycles. The van der Waals surface area contributed by atoms with E-state index in [1.54, 1.807) is 23.0 Å². The van der Waals surface area contributed by atoms with Gasteiger partial charge in [0.1, 0.15) is 28.5 Å². The van der Waals surface area contributed by atoms with Gasteiger partial charge >= 0.3 is 0 Å². The Morgan fingerprint density at radius 2 is 2.05 bits per heavy atom. The van der Waals surface area contributed by atoms with Gasteiger partial charge in [-0.2, -0.15) is 0 Å². The third kappa shape index (κ3) is 3.37. The molecule has 0 aliphatic carbocycles. The lowest BCUT2D eigenvalue weighted by Crippen LogP contribution is -2.25. The van der Waals surface area contributed by atoms with Crippen LogP contribution >= 0.6 is 0 Å². The van der Waals surface area contributed by atoms with Crippen molar-refractivity contribution in [2.45, 2.75) is 24.9 Å². The first kappa shape index (κ1) is 16.2. The zero-order valence-electron chi connectivity index (χ0n) is 12.6. The number of nitrogens with zero attached hydrogens (tertiary/aromatic N) is 3. The molecule has 9 heteroatoms. The first-order valence-corrected chi connectivity index (χ1v) is 8.08. The zero-order chi connectivity index (χ0) is 16.2. The van der Waals surface area contributed by atoms with Crippen LogP contribution in [0.1, 0.15) is 12.7 Å². The lowest BCUT2D eigenvalue weighted by molar-refractivity contribution is 0.392. The standard InChI is InChI=1S/C13H18N4O4S/c1-4-17-9-14-16-13(17)8-15-22(18,19)12-7-10(20-2)5-6-11(12)21-3/h5-7,9,15H,4,8H2,1-3H3. The molecular weight excluding hydrogens is 308 g/mol. The zero-order valence-corrected chi connectivity index (χ0v) is 13.4. The van der Waals surface area contributed by atoms with E-state index in [1.165, 1.54) is 20.3 Å². The second-order valence-electron chi connectivity index (χ2n) is 4.37. The number of sulfonamides is 1. The summed E-state index contributed by atoms with van der Waals surface area (Å²) in [6, 6.07) is 4.58. The third-order valence-electron chi connectivity index (χ3n) is 3.12. The number of ether oxygens (including phenoxy) is 2. The van der Waals surface area contributed by atoms with Crippen LogP contribution in [0.5, 0.6) is 11.5 Å². The van der Waals surface area contributed by atoms with Gasteiger partial charge in [-0.05, 0) is 19.1 Å². The fourth-order valence-corrected chi connectivity index (χ4v) is 3.07. The van der Waals surface area contributed by atoms with Crippen LogP contribution in [0.25, 0.3) is 0 Å². The maximum atomic E-state index is 12.5. The quantitative estimate of drug-likeness (QED) is 0.808. The van der Waals surface area contributed by atoms with Crippen molar-refractivity contribution in [2.24, 2.45) is 0 Å².